The maximum Gasteiger partial charge on any atom is 0.321 e. The van der Waals surface area contributed by atoms with E-state index in [1.807, 2.05) is 24.3 Å². The molecule has 0 bridgehead atoms. The van der Waals surface area contributed by atoms with E-state index in [4.69, 9.17) is 15.0 Å². The number of pyridine rings is 2. The van der Waals surface area contributed by atoms with Crippen molar-refractivity contribution in [1.82, 2.24) is 24.9 Å². The predicted octanol–water partition coefficient (Wildman–Crippen LogP) is 8.30. The average molecular weight is 615 g/mol. The van der Waals surface area contributed by atoms with Crippen LogP contribution in [0.2, 0.25) is 0 Å². The molecule has 0 saturated carbocycles. The maximum atomic E-state index is 4.97. The van der Waals surface area contributed by atoms with Gasteiger partial charge in [-0.15, -0.1) is 0 Å². The highest BCUT2D eigenvalue weighted by atomic mass is 15.1. The number of hydrogen-bond acceptors (Lipinski definition) is 6. The lowest BCUT2D eigenvalue weighted by Gasteiger charge is -2.38. The molecule has 6 nitrogen and oxygen atoms in total. The zero-order chi connectivity index (χ0) is 31.9. The first-order valence-corrected chi connectivity index (χ1v) is 15.9. The summed E-state index contributed by atoms with van der Waals surface area (Å²) in [4.78, 5) is 25.8. The Morgan fingerprint density at radius 1 is 0.458 bits per heavy atom. The van der Waals surface area contributed by atoms with Crippen molar-refractivity contribution in [2.45, 2.75) is 0 Å². The summed E-state index contributed by atoms with van der Waals surface area (Å²) in [6, 6.07) is 40.3. The van der Waals surface area contributed by atoms with Crippen molar-refractivity contribution in [2.24, 2.45) is 0 Å². The lowest BCUT2D eigenvalue weighted by molar-refractivity contribution is 1.07. The molecule has 224 valence electrons. The third-order valence-corrected chi connectivity index (χ3v) is 8.92. The van der Waals surface area contributed by atoms with Crippen molar-refractivity contribution >= 4 is 18.0 Å². The van der Waals surface area contributed by atoms with Crippen LogP contribution in [0.3, 0.4) is 0 Å². The quantitative estimate of drug-likeness (QED) is 0.182. The molecule has 3 aromatic heterocycles. The number of aromatic nitrogens is 5. The lowest BCUT2D eigenvalue weighted by Crippen LogP contribution is -2.50. The van der Waals surface area contributed by atoms with Crippen molar-refractivity contribution in [3.05, 3.63) is 164 Å². The first-order chi connectivity index (χ1) is 23.8. The van der Waals surface area contributed by atoms with E-state index >= 15 is 0 Å². The zero-order valence-corrected chi connectivity index (χ0v) is 25.8. The van der Waals surface area contributed by atoms with E-state index in [0.717, 1.165) is 27.9 Å². The monoisotopic (exact) mass is 614 g/mol. The van der Waals surface area contributed by atoms with Gasteiger partial charge in [0.15, 0.2) is 17.5 Å². The minimum Gasteiger partial charge on any atom is -0.383 e. The SMILES string of the molecule is C1=CB2c3c(-c4ccccc4)cc(-c4ccccc4)cc3-c3ccc(-c4nc(-c5cccnc5)nc(-c5cccnc5)n4)cc3N2C=C1. The molecule has 5 heterocycles. The summed E-state index contributed by atoms with van der Waals surface area (Å²) in [5.74, 6) is 4.00. The molecule has 0 spiro atoms. The van der Waals surface area contributed by atoms with Crippen LogP contribution in [-0.2, 0) is 0 Å². The Labute approximate surface area is 279 Å². The number of benzene rings is 4. The van der Waals surface area contributed by atoms with Crippen LogP contribution in [0.5, 0.6) is 0 Å². The molecule has 7 aromatic rings. The molecule has 9 rings (SSSR count). The second-order valence-corrected chi connectivity index (χ2v) is 11.8. The molecule has 48 heavy (non-hydrogen) atoms. The third-order valence-electron chi connectivity index (χ3n) is 8.92. The van der Waals surface area contributed by atoms with Crippen LogP contribution in [0.1, 0.15) is 0 Å². The summed E-state index contributed by atoms with van der Waals surface area (Å²) in [5, 5.41) is 0. The largest absolute Gasteiger partial charge is 0.383 e. The fraction of sp³-hybridized carbons (Fsp3) is 0. The van der Waals surface area contributed by atoms with Gasteiger partial charge in [-0.1, -0.05) is 84.8 Å². The average Bonchev–Trinajstić information content (AvgIpc) is 3.18. The van der Waals surface area contributed by atoms with Crippen LogP contribution in [0, 0.1) is 0 Å². The second kappa shape index (κ2) is 11.7. The molecular formula is C41H27BN6. The van der Waals surface area contributed by atoms with Crippen molar-refractivity contribution < 1.29 is 0 Å². The highest BCUT2D eigenvalue weighted by Crippen LogP contribution is 2.43. The Kier molecular flexibility index (Phi) is 6.79. The number of nitrogens with zero attached hydrogens (tertiary/aromatic N) is 6. The van der Waals surface area contributed by atoms with Crippen LogP contribution >= 0.6 is 0 Å². The molecule has 0 fully saturated rings. The van der Waals surface area contributed by atoms with Crippen molar-refractivity contribution in [3.63, 3.8) is 0 Å². The number of anilines is 1. The summed E-state index contributed by atoms with van der Waals surface area (Å²) in [6.45, 7) is 0.0167. The number of allylic oxidation sites excluding steroid dienone is 2. The lowest BCUT2D eigenvalue weighted by atomic mass is 9.48. The first-order valence-electron chi connectivity index (χ1n) is 15.9. The minimum atomic E-state index is 0.0167. The Hall–Kier alpha value is -6.47. The second-order valence-electron chi connectivity index (χ2n) is 11.8. The molecule has 0 unspecified atom stereocenters. The smallest absolute Gasteiger partial charge is 0.321 e. The van der Waals surface area contributed by atoms with Gasteiger partial charge in [-0.25, -0.2) is 15.0 Å². The molecule has 2 aliphatic rings. The van der Waals surface area contributed by atoms with Gasteiger partial charge in [-0.05, 0) is 88.0 Å². The Balaban J connectivity index is 1.26. The van der Waals surface area contributed by atoms with Crippen LogP contribution in [0.15, 0.2) is 164 Å². The topological polar surface area (TPSA) is 67.7 Å². The molecule has 7 heteroatoms. The first kappa shape index (κ1) is 27.8. The summed E-state index contributed by atoms with van der Waals surface area (Å²) >= 11 is 0. The van der Waals surface area contributed by atoms with E-state index in [2.05, 4.69) is 130 Å². The van der Waals surface area contributed by atoms with Gasteiger partial charge in [0.1, 0.15) is 0 Å². The van der Waals surface area contributed by atoms with Crippen LogP contribution in [0.4, 0.5) is 5.69 Å². The summed E-state index contributed by atoms with van der Waals surface area (Å²) in [6.07, 6.45) is 13.5. The standard InChI is InChI=1S/C41H27BN6/c1-3-11-28(12-4-1)33-23-35(29-13-5-2-6-14-29)38-36(24-33)34-18-17-30(25-37(34)48-22-8-7-19-42(38)48)39-45-40(31-15-9-20-43-26-31)47-41(46-39)32-16-10-21-44-27-32/h1-27H. The number of rotatable bonds is 5. The number of fused-ring (bicyclic) bond motifs is 6. The fourth-order valence-electron chi connectivity index (χ4n) is 6.68. The van der Waals surface area contributed by atoms with Crippen LogP contribution in [-0.4, -0.2) is 31.8 Å². The zero-order valence-electron chi connectivity index (χ0n) is 25.8. The normalized spacial score (nSPS) is 12.8. The summed E-state index contributed by atoms with van der Waals surface area (Å²) < 4.78 is 0. The van der Waals surface area contributed by atoms with Gasteiger partial charge in [0.05, 0.1) is 0 Å². The molecule has 0 saturated heterocycles. The van der Waals surface area contributed by atoms with E-state index in [1.54, 1.807) is 24.8 Å². The van der Waals surface area contributed by atoms with Gasteiger partial charge in [0.2, 0.25) is 0 Å². The van der Waals surface area contributed by atoms with Gasteiger partial charge in [-0.3, -0.25) is 9.97 Å². The van der Waals surface area contributed by atoms with Gasteiger partial charge in [0.25, 0.3) is 0 Å². The highest BCUT2D eigenvalue weighted by Gasteiger charge is 2.36. The Bertz CT molecular complexity index is 2290. The molecular weight excluding hydrogens is 587 g/mol. The van der Waals surface area contributed by atoms with E-state index in [9.17, 15) is 0 Å². The Morgan fingerprint density at radius 3 is 1.71 bits per heavy atom. The van der Waals surface area contributed by atoms with Crippen molar-refractivity contribution in [1.29, 1.82) is 0 Å². The molecule has 0 N–H and O–H groups in total. The van der Waals surface area contributed by atoms with E-state index in [0.29, 0.717) is 17.5 Å². The predicted molar refractivity (Wildman–Crippen MR) is 194 cm³/mol. The third kappa shape index (κ3) is 4.89. The highest BCUT2D eigenvalue weighted by molar-refractivity contribution is 6.85. The number of hydrogen-bond donors (Lipinski definition) is 0. The van der Waals surface area contributed by atoms with Gasteiger partial charge >= 0.3 is 6.85 Å². The van der Waals surface area contributed by atoms with E-state index in [-0.39, 0.29) is 6.85 Å². The van der Waals surface area contributed by atoms with E-state index in [1.165, 1.54) is 33.3 Å². The van der Waals surface area contributed by atoms with Gasteiger partial charge in [0, 0.05) is 52.7 Å². The molecule has 0 aliphatic carbocycles. The van der Waals surface area contributed by atoms with Crippen molar-refractivity contribution in [3.8, 4) is 67.5 Å². The van der Waals surface area contributed by atoms with Crippen LogP contribution in [0.25, 0.3) is 67.5 Å². The summed E-state index contributed by atoms with van der Waals surface area (Å²) in [5.41, 5.74) is 12.1. The summed E-state index contributed by atoms with van der Waals surface area (Å²) in [7, 11) is 0. The van der Waals surface area contributed by atoms with Crippen LogP contribution < -0.4 is 10.3 Å². The molecule has 4 aromatic carbocycles. The minimum absolute atomic E-state index is 0.0167. The molecule has 0 amide bonds. The molecule has 0 radical (unpaired) electrons. The molecule has 0 atom stereocenters. The maximum absolute atomic E-state index is 4.97. The molecule has 2 aliphatic heterocycles. The Morgan fingerprint density at radius 2 is 1.06 bits per heavy atom. The van der Waals surface area contributed by atoms with Gasteiger partial charge in [-0.2, -0.15) is 0 Å². The van der Waals surface area contributed by atoms with Gasteiger partial charge < -0.3 is 4.81 Å². The fourth-order valence-corrected chi connectivity index (χ4v) is 6.68. The van der Waals surface area contributed by atoms with Crippen molar-refractivity contribution in [2.75, 3.05) is 4.81 Å². The van der Waals surface area contributed by atoms with E-state index < -0.39 is 0 Å².